The molecule has 0 radical (unpaired) electrons. The van der Waals surface area contributed by atoms with Crippen LogP contribution in [0.5, 0.6) is 5.75 Å². The Bertz CT molecular complexity index is 945. The highest BCUT2D eigenvalue weighted by atomic mass is 35.5. The van der Waals surface area contributed by atoms with E-state index in [0.29, 0.717) is 23.0 Å². The fourth-order valence-electron chi connectivity index (χ4n) is 2.89. The van der Waals surface area contributed by atoms with Gasteiger partial charge in [-0.25, -0.2) is 8.42 Å². The molecular weight excluding hydrogens is 388 g/mol. The number of hydrogen-bond acceptors (Lipinski definition) is 4. The smallest absolute Gasteiger partial charge is 0.261 e. The largest absolute Gasteiger partial charge is 0.478 e. The van der Waals surface area contributed by atoms with Crippen molar-refractivity contribution in [2.24, 2.45) is 0 Å². The molecule has 27 heavy (non-hydrogen) atoms. The van der Waals surface area contributed by atoms with Gasteiger partial charge in [0.2, 0.25) is 10.0 Å². The summed E-state index contributed by atoms with van der Waals surface area (Å²) in [4.78, 5) is 12.6. The standard InChI is InChI=1S/C19H21ClN2O4S/c1-13-3-5-14(6-4-13)12-21-19(23)18-9-10-22(27(2,24)25)16-11-15(20)7-8-17(16)26-18/h3-8,11,18H,9-10,12H2,1-2H3,(H,21,23). The van der Waals surface area contributed by atoms with Crippen LogP contribution in [0.15, 0.2) is 42.5 Å². The lowest BCUT2D eigenvalue weighted by Crippen LogP contribution is -2.39. The zero-order chi connectivity index (χ0) is 19.6. The van der Waals surface area contributed by atoms with Crippen LogP contribution >= 0.6 is 11.6 Å². The number of anilines is 1. The zero-order valence-electron chi connectivity index (χ0n) is 15.1. The van der Waals surface area contributed by atoms with Crippen molar-refractivity contribution in [3.63, 3.8) is 0 Å². The summed E-state index contributed by atoms with van der Waals surface area (Å²) in [5.74, 6) is 0.0321. The van der Waals surface area contributed by atoms with Crippen LogP contribution in [0.4, 0.5) is 5.69 Å². The van der Waals surface area contributed by atoms with E-state index in [0.717, 1.165) is 17.4 Å². The molecule has 0 bridgehead atoms. The summed E-state index contributed by atoms with van der Waals surface area (Å²) in [5, 5.41) is 3.25. The van der Waals surface area contributed by atoms with Crippen LogP contribution in [0.1, 0.15) is 17.5 Å². The van der Waals surface area contributed by atoms with Crippen molar-refractivity contribution in [1.82, 2.24) is 5.32 Å². The fourth-order valence-corrected chi connectivity index (χ4v) is 3.99. The van der Waals surface area contributed by atoms with Crippen molar-refractivity contribution in [2.45, 2.75) is 26.0 Å². The molecule has 8 heteroatoms. The molecule has 0 spiro atoms. The highest BCUT2D eigenvalue weighted by molar-refractivity contribution is 7.92. The lowest BCUT2D eigenvalue weighted by molar-refractivity contribution is -0.128. The van der Waals surface area contributed by atoms with Gasteiger partial charge in [-0.2, -0.15) is 0 Å². The number of benzene rings is 2. The van der Waals surface area contributed by atoms with Gasteiger partial charge in [-0.05, 0) is 30.7 Å². The molecule has 144 valence electrons. The van der Waals surface area contributed by atoms with Crippen LogP contribution in [0.25, 0.3) is 0 Å². The molecule has 1 atom stereocenters. The number of sulfonamides is 1. The number of hydrogen-bond donors (Lipinski definition) is 1. The Morgan fingerprint density at radius 1 is 1.26 bits per heavy atom. The fraction of sp³-hybridized carbons (Fsp3) is 0.316. The number of halogens is 1. The van der Waals surface area contributed by atoms with Crippen LogP contribution < -0.4 is 14.4 Å². The maximum atomic E-state index is 12.6. The number of nitrogens with one attached hydrogen (secondary N) is 1. The molecule has 1 aliphatic heterocycles. The van der Waals surface area contributed by atoms with Crippen LogP contribution in [-0.2, 0) is 21.4 Å². The second-order valence-electron chi connectivity index (χ2n) is 6.55. The second-order valence-corrected chi connectivity index (χ2v) is 8.89. The first-order valence-electron chi connectivity index (χ1n) is 8.51. The third-order valence-corrected chi connectivity index (χ3v) is 5.75. The second kappa shape index (κ2) is 7.78. The number of fused-ring (bicyclic) bond motifs is 1. The number of aryl methyl sites for hydroxylation is 1. The number of amides is 1. The molecule has 1 amide bonds. The third kappa shape index (κ3) is 4.73. The minimum atomic E-state index is -3.52. The van der Waals surface area contributed by atoms with Gasteiger partial charge in [-0.1, -0.05) is 41.4 Å². The number of rotatable bonds is 4. The number of carbonyl (C=O) groups excluding carboxylic acids is 1. The lowest BCUT2D eigenvalue weighted by atomic mass is 10.1. The van der Waals surface area contributed by atoms with Crippen molar-refractivity contribution < 1.29 is 17.9 Å². The number of nitrogens with zero attached hydrogens (tertiary/aromatic N) is 1. The molecule has 0 saturated carbocycles. The lowest BCUT2D eigenvalue weighted by Gasteiger charge is -2.21. The number of carbonyl (C=O) groups is 1. The monoisotopic (exact) mass is 408 g/mol. The van der Waals surface area contributed by atoms with Gasteiger partial charge in [0.05, 0.1) is 11.9 Å². The normalized spacial score (nSPS) is 16.9. The summed E-state index contributed by atoms with van der Waals surface area (Å²) in [6.45, 7) is 2.51. The van der Waals surface area contributed by atoms with Crippen LogP contribution in [0.3, 0.4) is 0 Å². The van der Waals surface area contributed by atoms with Crippen molar-refractivity contribution in [3.05, 3.63) is 58.6 Å². The Kier molecular flexibility index (Phi) is 5.62. The Hall–Kier alpha value is -2.25. The van der Waals surface area contributed by atoms with Crippen LogP contribution in [0.2, 0.25) is 5.02 Å². The van der Waals surface area contributed by atoms with Crippen LogP contribution in [-0.4, -0.2) is 33.2 Å². The molecule has 1 N–H and O–H groups in total. The summed E-state index contributed by atoms with van der Waals surface area (Å²) < 4.78 is 31.4. The first kappa shape index (κ1) is 19.5. The number of ether oxygens (including phenoxy) is 1. The summed E-state index contributed by atoms with van der Waals surface area (Å²) in [7, 11) is -3.52. The topological polar surface area (TPSA) is 75.7 Å². The highest BCUT2D eigenvalue weighted by Crippen LogP contribution is 2.36. The van der Waals surface area contributed by atoms with E-state index in [4.69, 9.17) is 16.3 Å². The minimum absolute atomic E-state index is 0.134. The molecule has 1 aliphatic rings. The van der Waals surface area contributed by atoms with Gasteiger partial charge in [0, 0.05) is 24.5 Å². The maximum Gasteiger partial charge on any atom is 0.261 e. The first-order valence-corrected chi connectivity index (χ1v) is 10.7. The average Bonchev–Trinajstić information content (AvgIpc) is 2.80. The van der Waals surface area contributed by atoms with E-state index in [-0.39, 0.29) is 18.9 Å². The van der Waals surface area contributed by atoms with Crippen molar-refractivity contribution in [3.8, 4) is 5.75 Å². The Morgan fingerprint density at radius 3 is 2.63 bits per heavy atom. The SMILES string of the molecule is Cc1ccc(CNC(=O)C2CCN(S(C)(=O)=O)c3cc(Cl)ccc3O2)cc1. The molecule has 0 aliphatic carbocycles. The molecule has 0 fully saturated rings. The Labute approximate surface area is 164 Å². The van der Waals surface area contributed by atoms with Gasteiger partial charge in [-0.3, -0.25) is 9.10 Å². The van der Waals surface area contributed by atoms with Gasteiger partial charge >= 0.3 is 0 Å². The van der Waals surface area contributed by atoms with Crippen LogP contribution in [0, 0.1) is 6.92 Å². The molecule has 6 nitrogen and oxygen atoms in total. The van der Waals surface area contributed by atoms with E-state index >= 15 is 0 Å². The summed E-state index contributed by atoms with van der Waals surface area (Å²) in [6, 6.07) is 12.6. The van der Waals surface area contributed by atoms with E-state index in [2.05, 4.69) is 5.32 Å². The summed E-state index contributed by atoms with van der Waals surface area (Å²) in [6.07, 6.45) is 0.566. The van der Waals surface area contributed by atoms with Gasteiger partial charge in [0.15, 0.2) is 6.10 Å². The van der Waals surface area contributed by atoms with Gasteiger partial charge in [0.25, 0.3) is 5.91 Å². The van der Waals surface area contributed by atoms with Gasteiger partial charge in [-0.15, -0.1) is 0 Å². The maximum absolute atomic E-state index is 12.6. The minimum Gasteiger partial charge on any atom is -0.478 e. The first-order chi connectivity index (χ1) is 12.7. The Balaban J connectivity index is 1.77. The molecule has 3 rings (SSSR count). The molecule has 1 heterocycles. The quantitative estimate of drug-likeness (QED) is 0.844. The van der Waals surface area contributed by atoms with Crippen molar-refractivity contribution >= 4 is 33.2 Å². The zero-order valence-corrected chi connectivity index (χ0v) is 16.7. The van der Waals surface area contributed by atoms with Crippen molar-refractivity contribution in [1.29, 1.82) is 0 Å². The predicted molar refractivity (Wildman–Crippen MR) is 106 cm³/mol. The van der Waals surface area contributed by atoms with Crippen molar-refractivity contribution in [2.75, 3.05) is 17.1 Å². The third-order valence-electron chi connectivity index (χ3n) is 4.33. The van der Waals surface area contributed by atoms with E-state index < -0.39 is 16.1 Å². The van der Waals surface area contributed by atoms with Gasteiger partial charge < -0.3 is 10.1 Å². The summed E-state index contributed by atoms with van der Waals surface area (Å²) >= 11 is 6.02. The molecule has 0 aromatic heterocycles. The Morgan fingerprint density at radius 2 is 1.96 bits per heavy atom. The average molecular weight is 409 g/mol. The van der Waals surface area contributed by atoms with Gasteiger partial charge in [0.1, 0.15) is 5.75 Å². The molecular formula is C19H21ClN2O4S. The van der Waals surface area contributed by atoms with E-state index in [9.17, 15) is 13.2 Å². The molecule has 1 unspecified atom stereocenters. The van der Waals surface area contributed by atoms with E-state index in [1.165, 1.54) is 10.4 Å². The summed E-state index contributed by atoms with van der Waals surface area (Å²) in [5.41, 5.74) is 2.47. The molecule has 2 aromatic rings. The predicted octanol–water partition coefficient (Wildman–Crippen LogP) is 2.88. The van der Waals surface area contributed by atoms with E-state index in [1.807, 2.05) is 31.2 Å². The molecule has 0 saturated heterocycles. The molecule has 2 aromatic carbocycles. The van der Waals surface area contributed by atoms with E-state index in [1.54, 1.807) is 12.1 Å². The highest BCUT2D eigenvalue weighted by Gasteiger charge is 2.31.